The van der Waals surface area contributed by atoms with Crippen molar-refractivity contribution in [1.29, 1.82) is 0 Å². The number of benzene rings is 1. The molecule has 0 N–H and O–H groups in total. The molecule has 0 bridgehead atoms. The van der Waals surface area contributed by atoms with Gasteiger partial charge in [-0.1, -0.05) is 44.7 Å². The number of thioether (sulfide) groups is 1. The Hall–Kier alpha value is -2.02. The molecule has 0 unspecified atom stereocenters. The van der Waals surface area contributed by atoms with Crippen molar-refractivity contribution in [3.63, 3.8) is 0 Å². The molecule has 1 aromatic carbocycles. The number of aromatic nitrogens is 3. The van der Waals surface area contributed by atoms with Gasteiger partial charge in [-0.05, 0) is 37.0 Å². The van der Waals surface area contributed by atoms with Crippen LogP contribution < -0.4 is 4.74 Å². The second kappa shape index (κ2) is 9.62. The fraction of sp³-hybridized carbons (Fsp3) is 0.526. The van der Waals surface area contributed by atoms with E-state index in [4.69, 9.17) is 9.47 Å². The highest BCUT2D eigenvalue weighted by Gasteiger charge is 2.27. The molecule has 1 heterocycles. The summed E-state index contributed by atoms with van der Waals surface area (Å²) in [7, 11) is 1.88. The smallest absolute Gasteiger partial charge is 0.319 e. The maximum atomic E-state index is 12.1. The van der Waals surface area contributed by atoms with Crippen LogP contribution in [0, 0.1) is 5.92 Å². The Morgan fingerprint density at radius 1 is 1.19 bits per heavy atom. The summed E-state index contributed by atoms with van der Waals surface area (Å²) in [5.41, 5.74) is 1.27. The minimum Gasteiger partial charge on any atom is -0.486 e. The van der Waals surface area contributed by atoms with Crippen molar-refractivity contribution in [1.82, 2.24) is 14.8 Å². The fourth-order valence-electron chi connectivity index (χ4n) is 2.34. The van der Waals surface area contributed by atoms with Gasteiger partial charge in [0.2, 0.25) is 0 Å². The van der Waals surface area contributed by atoms with Crippen LogP contribution in [0.2, 0.25) is 0 Å². The Morgan fingerprint density at radius 3 is 2.46 bits per heavy atom. The van der Waals surface area contributed by atoms with E-state index in [1.54, 1.807) is 0 Å². The number of rotatable bonds is 9. The van der Waals surface area contributed by atoms with Gasteiger partial charge >= 0.3 is 5.97 Å². The van der Waals surface area contributed by atoms with E-state index in [0.29, 0.717) is 24.2 Å². The van der Waals surface area contributed by atoms with E-state index in [1.807, 2.05) is 44.5 Å². The van der Waals surface area contributed by atoms with Gasteiger partial charge in [0.15, 0.2) is 11.0 Å². The molecule has 0 aliphatic carbocycles. The molecule has 0 amide bonds. The Labute approximate surface area is 159 Å². The van der Waals surface area contributed by atoms with Gasteiger partial charge in [0.05, 0.1) is 6.61 Å². The largest absolute Gasteiger partial charge is 0.486 e. The molecular formula is C19H27N3O3S. The number of carbonyl (C=O) groups is 1. The van der Waals surface area contributed by atoms with Gasteiger partial charge in [-0.15, -0.1) is 10.2 Å². The second-order valence-electron chi connectivity index (χ2n) is 6.28. The number of esters is 1. The Morgan fingerprint density at radius 2 is 1.88 bits per heavy atom. The van der Waals surface area contributed by atoms with E-state index in [2.05, 4.69) is 29.3 Å². The van der Waals surface area contributed by atoms with Gasteiger partial charge in [-0.2, -0.15) is 0 Å². The van der Waals surface area contributed by atoms with Crippen LogP contribution in [-0.2, 0) is 29.6 Å². The first kappa shape index (κ1) is 20.3. The lowest BCUT2D eigenvalue weighted by atomic mass is 10.1. The summed E-state index contributed by atoms with van der Waals surface area (Å²) < 4.78 is 12.8. The lowest BCUT2D eigenvalue weighted by Gasteiger charge is -2.17. The third-order valence-corrected chi connectivity index (χ3v) is 5.54. The molecule has 0 radical (unpaired) electrons. The predicted octanol–water partition coefficient (Wildman–Crippen LogP) is 3.64. The normalized spacial score (nSPS) is 12.2. The standard InChI is InChI=1S/C19H27N3O3S/c1-6-14-8-10-15(11-9-14)25-12-16-20-21-19(22(16)5)26-17(13(3)4)18(23)24-7-2/h8-11,13,17H,6-7,12H2,1-5H3/t17-/m0/s1. The monoisotopic (exact) mass is 377 g/mol. The molecule has 0 fully saturated rings. The zero-order valence-electron chi connectivity index (χ0n) is 16.1. The number of nitrogens with zero attached hydrogens (tertiary/aromatic N) is 3. The SMILES string of the molecule is CCOC(=O)[C@@H](Sc1nnc(COc2ccc(CC)cc2)n1C)C(C)C. The topological polar surface area (TPSA) is 66.2 Å². The molecule has 1 aromatic heterocycles. The Balaban J connectivity index is 2.02. The maximum Gasteiger partial charge on any atom is 0.319 e. The number of hydrogen-bond acceptors (Lipinski definition) is 6. The molecule has 7 heteroatoms. The lowest BCUT2D eigenvalue weighted by molar-refractivity contribution is -0.143. The summed E-state index contributed by atoms with van der Waals surface area (Å²) >= 11 is 1.38. The summed E-state index contributed by atoms with van der Waals surface area (Å²) in [4.78, 5) is 12.1. The minimum absolute atomic E-state index is 0.132. The van der Waals surface area contributed by atoms with E-state index in [1.165, 1.54) is 17.3 Å². The average Bonchev–Trinajstić information content (AvgIpc) is 2.98. The van der Waals surface area contributed by atoms with Crippen LogP contribution in [0.25, 0.3) is 0 Å². The third-order valence-electron chi connectivity index (χ3n) is 3.98. The average molecular weight is 378 g/mol. The molecule has 2 aromatic rings. The number of aryl methyl sites for hydroxylation is 1. The number of carbonyl (C=O) groups excluding carboxylic acids is 1. The van der Waals surface area contributed by atoms with Crippen molar-refractivity contribution < 1.29 is 14.3 Å². The van der Waals surface area contributed by atoms with Crippen molar-refractivity contribution in [2.75, 3.05) is 6.61 Å². The summed E-state index contributed by atoms with van der Waals surface area (Å²) in [6.45, 7) is 8.61. The van der Waals surface area contributed by atoms with Crippen molar-refractivity contribution in [2.45, 2.75) is 51.1 Å². The van der Waals surface area contributed by atoms with E-state index >= 15 is 0 Å². The van der Waals surface area contributed by atoms with Crippen molar-refractivity contribution in [3.8, 4) is 5.75 Å². The molecule has 1 atom stereocenters. The molecular weight excluding hydrogens is 350 g/mol. The first-order valence-corrected chi connectivity index (χ1v) is 9.77. The summed E-state index contributed by atoms with van der Waals surface area (Å²) in [6.07, 6.45) is 1.00. The van der Waals surface area contributed by atoms with Crippen LogP contribution in [0.3, 0.4) is 0 Å². The molecule has 0 saturated heterocycles. The first-order valence-electron chi connectivity index (χ1n) is 8.89. The molecule has 0 aliphatic heterocycles. The Kier molecular flexibility index (Phi) is 7.50. The van der Waals surface area contributed by atoms with E-state index in [9.17, 15) is 4.79 Å². The third kappa shape index (κ3) is 5.24. The molecule has 142 valence electrons. The van der Waals surface area contributed by atoms with E-state index < -0.39 is 0 Å². The first-order chi connectivity index (χ1) is 12.5. The van der Waals surface area contributed by atoms with Gasteiger partial charge in [0.25, 0.3) is 0 Å². The van der Waals surface area contributed by atoms with E-state index in [-0.39, 0.29) is 17.1 Å². The minimum atomic E-state index is -0.312. The zero-order chi connectivity index (χ0) is 19.1. The van der Waals surface area contributed by atoms with Gasteiger partial charge in [-0.25, -0.2) is 0 Å². The summed E-state index contributed by atoms with van der Waals surface area (Å²) in [6, 6.07) is 8.03. The van der Waals surface area contributed by atoms with Gasteiger partial charge in [-0.3, -0.25) is 4.79 Å². The van der Waals surface area contributed by atoms with Crippen molar-refractivity contribution in [3.05, 3.63) is 35.7 Å². The molecule has 2 rings (SSSR count). The van der Waals surface area contributed by atoms with Crippen molar-refractivity contribution in [2.24, 2.45) is 13.0 Å². The fourth-order valence-corrected chi connectivity index (χ4v) is 3.35. The van der Waals surface area contributed by atoms with Crippen LogP contribution in [0.5, 0.6) is 5.75 Å². The molecule has 6 nitrogen and oxygen atoms in total. The second-order valence-corrected chi connectivity index (χ2v) is 7.39. The summed E-state index contributed by atoms with van der Waals surface area (Å²) in [5, 5.41) is 8.77. The highest BCUT2D eigenvalue weighted by Crippen LogP contribution is 2.28. The number of ether oxygens (including phenoxy) is 2. The molecule has 0 saturated carbocycles. The van der Waals surface area contributed by atoms with Gasteiger partial charge in [0.1, 0.15) is 17.6 Å². The molecule has 0 spiro atoms. The van der Waals surface area contributed by atoms with Gasteiger partial charge in [0, 0.05) is 7.05 Å². The van der Waals surface area contributed by atoms with Crippen LogP contribution >= 0.6 is 11.8 Å². The highest BCUT2D eigenvalue weighted by molar-refractivity contribution is 8.00. The van der Waals surface area contributed by atoms with Crippen LogP contribution in [0.15, 0.2) is 29.4 Å². The van der Waals surface area contributed by atoms with Crippen LogP contribution in [0.1, 0.15) is 39.1 Å². The highest BCUT2D eigenvalue weighted by atomic mass is 32.2. The van der Waals surface area contributed by atoms with Gasteiger partial charge < -0.3 is 14.0 Å². The molecule has 26 heavy (non-hydrogen) atoms. The van der Waals surface area contributed by atoms with E-state index in [0.717, 1.165) is 12.2 Å². The lowest BCUT2D eigenvalue weighted by Crippen LogP contribution is -2.26. The Bertz CT molecular complexity index is 713. The van der Waals surface area contributed by atoms with Crippen LogP contribution in [-0.4, -0.2) is 32.6 Å². The maximum absolute atomic E-state index is 12.1. The quantitative estimate of drug-likeness (QED) is 0.491. The zero-order valence-corrected chi connectivity index (χ0v) is 16.9. The molecule has 0 aliphatic rings. The van der Waals surface area contributed by atoms with Crippen LogP contribution in [0.4, 0.5) is 0 Å². The van der Waals surface area contributed by atoms with Crippen molar-refractivity contribution >= 4 is 17.7 Å². The summed E-state index contributed by atoms with van der Waals surface area (Å²) in [5.74, 6) is 1.42. The predicted molar refractivity (Wildman–Crippen MR) is 102 cm³/mol. The number of hydrogen-bond donors (Lipinski definition) is 0.